The fourth-order valence-corrected chi connectivity index (χ4v) is 11.3. The number of allylic oxidation sites excluding steroid dienone is 4. The van der Waals surface area contributed by atoms with Crippen LogP contribution in [0.1, 0.15) is 88.6 Å². The number of benzene rings is 2. The van der Waals surface area contributed by atoms with Crippen LogP contribution in [0.3, 0.4) is 0 Å². The van der Waals surface area contributed by atoms with Gasteiger partial charge in [0.05, 0.1) is 18.2 Å². The minimum absolute atomic E-state index is 0.00423. The van der Waals surface area contributed by atoms with E-state index in [9.17, 15) is 41.8 Å². The number of aliphatic hydroxyl groups excluding tert-OH is 1. The molecule has 0 aromatic heterocycles. The number of hydrogen-bond acceptors (Lipinski definition) is 5. The standard InChI is InChI=1S/C41H47F5N2O5/c1-24(2)47-35(51)48(22-25-5-8-28(9-6-25)53-41(44,45)46)23-39(52)16-13-33-37(39,4)15-12-32-36(3)14-11-27(49)20-38(36)17-18-40(32,33)29(21-38)34(50)26-7-10-30(42)31(43)19-26/h5-10,17-19,21,24,27,32-33,49,52H,11-16,20,22-23H2,1-4H3,(H,47,51). The van der Waals surface area contributed by atoms with Crippen LogP contribution in [0.5, 0.6) is 5.75 Å². The Bertz CT molecular complexity index is 1860. The average molecular weight is 743 g/mol. The van der Waals surface area contributed by atoms with Gasteiger partial charge in [-0.15, -0.1) is 13.2 Å². The molecule has 7 nitrogen and oxygen atoms in total. The third-order valence-electron chi connectivity index (χ3n) is 13.8. The molecule has 8 unspecified atom stereocenters. The molecule has 2 amide bonds. The zero-order valence-corrected chi connectivity index (χ0v) is 30.4. The van der Waals surface area contributed by atoms with E-state index in [4.69, 9.17) is 0 Å². The molecule has 8 rings (SSSR count). The molecule has 6 aliphatic carbocycles. The number of amides is 2. The van der Waals surface area contributed by atoms with Crippen molar-refractivity contribution in [2.45, 2.75) is 103 Å². The average Bonchev–Trinajstić information content (AvgIpc) is 3.35. The van der Waals surface area contributed by atoms with E-state index in [1.807, 2.05) is 26.8 Å². The Morgan fingerprint density at radius 3 is 2.26 bits per heavy atom. The number of carbonyl (C=O) groups is 2. The molecule has 6 aliphatic rings. The fraction of sp³-hybridized carbons (Fsp3) is 0.561. The molecule has 0 heterocycles. The van der Waals surface area contributed by atoms with Gasteiger partial charge in [-0.25, -0.2) is 13.6 Å². The van der Waals surface area contributed by atoms with Gasteiger partial charge in [0.1, 0.15) is 5.75 Å². The van der Waals surface area contributed by atoms with Crippen LogP contribution in [0.25, 0.3) is 0 Å². The Hall–Kier alpha value is -3.77. The molecule has 0 aliphatic heterocycles. The number of fused-ring (bicyclic) bond motifs is 1. The number of ether oxygens (including phenoxy) is 1. The van der Waals surface area contributed by atoms with E-state index in [2.05, 4.69) is 29.1 Å². The van der Waals surface area contributed by atoms with Gasteiger partial charge in [0, 0.05) is 40.0 Å². The molecule has 2 spiro atoms. The number of Topliss-reactive ketones (excluding diaryl/α,β-unsaturated/α-hetero) is 1. The number of rotatable bonds is 8. The van der Waals surface area contributed by atoms with Crippen LogP contribution < -0.4 is 10.1 Å². The lowest BCUT2D eigenvalue weighted by Crippen LogP contribution is -2.67. The Kier molecular flexibility index (Phi) is 8.96. The van der Waals surface area contributed by atoms with Gasteiger partial charge < -0.3 is 25.2 Å². The quantitative estimate of drug-likeness (QED) is 0.144. The maximum absolute atomic E-state index is 14.6. The van der Waals surface area contributed by atoms with Crippen LogP contribution in [0.15, 0.2) is 66.3 Å². The Morgan fingerprint density at radius 2 is 1.60 bits per heavy atom. The van der Waals surface area contributed by atoms with Crippen molar-refractivity contribution < 1.29 is 46.5 Å². The largest absolute Gasteiger partial charge is 0.573 e. The van der Waals surface area contributed by atoms with Crippen molar-refractivity contribution in [1.29, 1.82) is 0 Å². The van der Waals surface area contributed by atoms with Crippen molar-refractivity contribution >= 4 is 11.8 Å². The monoisotopic (exact) mass is 742 g/mol. The second-order valence-corrected chi connectivity index (χ2v) is 16.9. The van der Waals surface area contributed by atoms with Crippen molar-refractivity contribution in [3.63, 3.8) is 0 Å². The minimum Gasteiger partial charge on any atom is -0.406 e. The van der Waals surface area contributed by atoms with Crippen LogP contribution in [0, 0.1) is 45.1 Å². The number of halogens is 5. The molecular formula is C41H47F5N2O5. The molecule has 3 saturated carbocycles. The van der Waals surface area contributed by atoms with Crippen LogP contribution in [-0.2, 0) is 6.54 Å². The number of hydrogen-bond donors (Lipinski definition) is 3. The lowest BCUT2D eigenvalue weighted by atomic mass is 9.32. The molecule has 3 fully saturated rings. The van der Waals surface area contributed by atoms with Gasteiger partial charge in [-0.2, -0.15) is 0 Å². The number of urea groups is 1. The van der Waals surface area contributed by atoms with Gasteiger partial charge in [-0.3, -0.25) is 4.79 Å². The number of ketones is 1. The second kappa shape index (κ2) is 12.6. The summed E-state index contributed by atoms with van der Waals surface area (Å²) >= 11 is 0. The predicted octanol–water partition coefficient (Wildman–Crippen LogP) is 8.26. The van der Waals surface area contributed by atoms with Crippen molar-refractivity contribution in [1.82, 2.24) is 10.2 Å². The molecule has 2 aromatic carbocycles. The highest BCUT2D eigenvalue weighted by Crippen LogP contribution is 2.78. The summed E-state index contributed by atoms with van der Waals surface area (Å²) in [5.74, 6) is -3.29. The van der Waals surface area contributed by atoms with Crippen LogP contribution in [0.2, 0.25) is 0 Å². The van der Waals surface area contributed by atoms with Crippen molar-refractivity contribution in [2.24, 2.45) is 33.5 Å². The highest BCUT2D eigenvalue weighted by atomic mass is 19.4. The molecule has 12 heteroatoms. The van der Waals surface area contributed by atoms with Crippen molar-refractivity contribution in [2.75, 3.05) is 6.54 Å². The second-order valence-electron chi connectivity index (χ2n) is 16.9. The Labute approximate surface area is 306 Å². The molecule has 0 saturated heterocycles. The topological polar surface area (TPSA) is 99.1 Å². The first kappa shape index (κ1) is 37.5. The van der Waals surface area contributed by atoms with Gasteiger partial charge in [0.25, 0.3) is 0 Å². The van der Waals surface area contributed by atoms with E-state index in [0.717, 1.165) is 18.6 Å². The van der Waals surface area contributed by atoms with Crippen LogP contribution >= 0.6 is 0 Å². The molecule has 2 aromatic rings. The predicted molar refractivity (Wildman–Crippen MR) is 186 cm³/mol. The first-order chi connectivity index (χ1) is 24.8. The summed E-state index contributed by atoms with van der Waals surface area (Å²) in [6.45, 7) is 7.81. The summed E-state index contributed by atoms with van der Waals surface area (Å²) in [6.07, 6.45) is 4.72. The van der Waals surface area contributed by atoms with E-state index >= 15 is 0 Å². The summed E-state index contributed by atoms with van der Waals surface area (Å²) in [5.41, 5.74) is -2.98. The van der Waals surface area contributed by atoms with E-state index < -0.39 is 57.8 Å². The van der Waals surface area contributed by atoms with Gasteiger partial charge in [-0.1, -0.05) is 44.2 Å². The number of nitrogens with zero attached hydrogens (tertiary/aromatic N) is 1. The lowest BCUT2D eigenvalue weighted by molar-refractivity contribution is -0.274. The zero-order chi connectivity index (χ0) is 38.4. The molecule has 2 bridgehead atoms. The maximum atomic E-state index is 14.6. The third kappa shape index (κ3) is 5.90. The van der Waals surface area contributed by atoms with Crippen LogP contribution in [-0.4, -0.2) is 57.6 Å². The fourth-order valence-electron chi connectivity index (χ4n) is 11.3. The highest BCUT2D eigenvalue weighted by molar-refractivity contribution is 6.10. The summed E-state index contributed by atoms with van der Waals surface area (Å²) < 4.78 is 71.1. The first-order valence-electron chi connectivity index (χ1n) is 18.5. The first-order valence-corrected chi connectivity index (χ1v) is 18.5. The highest BCUT2D eigenvalue weighted by Gasteiger charge is 2.74. The van der Waals surface area contributed by atoms with E-state index in [-0.39, 0.29) is 47.7 Å². The number of alkyl halides is 3. The van der Waals surface area contributed by atoms with Gasteiger partial charge in [0.15, 0.2) is 17.4 Å². The maximum Gasteiger partial charge on any atom is 0.573 e. The zero-order valence-electron chi connectivity index (χ0n) is 30.4. The SMILES string of the molecule is CC(C)NC(=O)N(Cc1ccc(OC(F)(F)F)cc1)CC1(O)CCC2C34C=CC5(C=C3C(=O)c3ccc(F)c(F)c3)CC(O)CCC5(C)C4CCC21C. The minimum atomic E-state index is -4.85. The third-order valence-corrected chi connectivity index (χ3v) is 13.8. The Morgan fingerprint density at radius 1 is 0.943 bits per heavy atom. The summed E-state index contributed by atoms with van der Waals surface area (Å²) in [4.78, 5) is 29.9. The van der Waals surface area contributed by atoms with E-state index in [0.29, 0.717) is 49.7 Å². The molecule has 53 heavy (non-hydrogen) atoms. The molecule has 0 radical (unpaired) electrons. The smallest absolute Gasteiger partial charge is 0.406 e. The normalized spacial score (nSPS) is 35.6. The van der Waals surface area contributed by atoms with Gasteiger partial charge >= 0.3 is 12.4 Å². The number of carbonyl (C=O) groups excluding carboxylic acids is 2. The lowest BCUT2D eigenvalue weighted by Gasteiger charge is -2.71. The van der Waals surface area contributed by atoms with Crippen molar-refractivity contribution in [3.8, 4) is 5.75 Å². The summed E-state index contributed by atoms with van der Waals surface area (Å²) in [5, 5.41) is 26.7. The van der Waals surface area contributed by atoms with Crippen LogP contribution in [0.4, 0.5) is 26.7 Å². The van der Waals surface area contributed by atoms with Crippen molar-refractivity contribution in [3.05, 3.63) is 89.0 Å². The van der Waals surface area contributed by atoms with E-state index in [1.54, 1.807) is 0 Å². The van der Waals surface area contributed by atoms with E-state index in [1.165, 1.54) is 35.2 Å². The van der Waals surface area contributed by atoms with Gasteiger partial charge in [0.2, 0.25) is 0 Å². The van der Waals surface area contributed by atoms with Gasteiger partial charge in [-0.05, 0) is 112 Å². The summed E-state index contributed by atoms with van der Waals surface area (Å²) in [7, 11) is 0. The molecule has 8 atom stereocenters. The molecular weight excluding hydrogens is 695 g/mol. The molecule has 3 N–H and O–H groups in total. The number of aliphatic hydroxyl groups is 2. The molecule has 286 valence electrons. The Balaban J connectivity index is 1.27. The number of nitrogens with one attached hydrogen (secondary N) is 1. The summed E-state index contributed by atoms with van der Waals surface area (Å²) in [6, 6.07) is 7.79.